The molecule has 1 aliphatic rings. The van der Waals surface area contributed by atoms with E-state index in [1.54, 1.807) is 4.57 Å². The molecular weight excluding hydrogens is 416 g/mol. The van der Waals surface area contributed by atoms with Gasteiger partial charge in [-0.05, 0) is 43.2 Å². The number of primary sulfonamides is 1. The van der Waals surface area contributed by atoms with Crippen LogP contribution in [0.25, 0.3) is 11.0 Å². The fourth-order valence-corrected chi connectivity index (χ4v) is 5.89. The number of piperidine rings is 1. The van der Waals surface area contributed by atoms with Gasteiger partial charge in [-0.1, -0.05) is 18.2 Å². The van der Waals surface area contributed by atoms with E-state index in [-0.39, 0.29) is 34.6 Å². The number of H-pyrrole nitrogens is 1. The SMILES string of the molecule is NS(=O)(=O)c1cccc(S(=O)(=O)N2CCC(n3c(=O)[nH]c4ccccc43)CC2)c1. The van der Waals surface area contributed by atoms with Crippen LogP contribution in [0.3, 0.4) is 0 Å². The molecule has 1 fully saturated rings. The average molecular weight is 437 g/mol. The monoisotopic (exact) mass is 436 g/mol. The molecule has 0 atom stereocenters. The normalized spacial score (nSPS) is 17.0. The maximum Gasteiger partial charge on any atom is 0.326 e. The van der Waals surface area contributed by atoms with E-state index in [1.165, 1.54) is 22.5 Å². The molecular formula is C18H20N4O5S2. The van der Waals surface area contributed by atoms with Gasteiger partial charge in [0.25, 0.3) is 0 Å². The summed E-state index contributed by atoms with van der Waals surface area (Å²) in [7, 11) is -7.88. The molecule has 0 unspecified atom stereocenters. The summed E-state index contributed by atoms with van der Waals surface area (Å²) in [5, 5.41) is 5.11. The molecule has 0 saturated carbocycles. The lowest BCUT2D eigenvalue weighted by Crippen LogP contribution is -2.40. The molecule has 1 aromatic heterocycles. The van der Waals surface area contributed by atoms with E-state index < -0.39 is 20.0 Å². The first-order chi connectivity index (χ1) is 13.7. The number of sulfonamides is 2. The highest BCUT2D eigenvalue weighted by Crippen LogP contribution is 2.28. The summed E-state index contributed by atoms with van der Waals surface area (Å²) in [5.41, 5.74) is 1.32. The van der Waals surface area contributed by atoms with Crippen molar-refractivity contribution in [2.24, 2.45) is 5.14 Å². The second-order valence-corrected chi connectivity index (χ2v) is 10.5. The molecule has 0 aliphatic carbocycles. The van der Waals surface area contributed by atoms with Crippen molar-refractivity contribution in [2.75, 3.05) is 13.1 Å². The highest BCUT2D eigenvalue weighted by molar-refractivity contribution is 7.90. The first-order valence-electron chi connectivity index (χ1n) is 9.00. The minimum atomic E-state index is -4.00. The Bertz CT molecular complexity index is 1330. The fraction of sp³-hybridized carbons (Fsp3) is 0.278. The highest BCUT2D eigenvalue weighted by Gasteiger charge is 2.31. The van der Waals surface area contributed by atoms with Crippen molar-refractivity contribution in [3.05, 3.63) is 59.0 Å². The first-order valence-corrected chi connectivity index (χ1v) is 12.0. The third-order valence-corrected chi connectivity index (χ3v) is 7.99. The zero-order chi connectivity index (χ0) is 20.8. The Kier molecular flexibility index (Phi) is 4.85. The van der Waals surface area contributed by atoms with E-state index in [0.717, 1.165) is 17.1 Å². The van der Waals surface area contributed by atoms with Crippen molar-refractivity contribution < 1.29 is 16.8 Å². The largest absolute Gasteiger partial charge is 0.326 e. The topological polar surface area (TPSA) is 135 Å². The molecule has 1 saturated heterocycles. The number of nitrogens with two attached hydrogens (primary N) is 1. The van der Waals surface area contributed by atoms with Gasteiger partial charge >= 0.3 is 5.69 Å². The van der Waals surface area contributed by atoms with E-state index in [0.29, 0.717) is 12.8 Å². The number of para-hydroxylation sites is 2. The number of aromatic amines is 1. The van der Waals surface area contributed by atoms with Gasteiger partial charge in [-0.25, -0.2) is 26.8 Å². The molecule has 11 heteroatoms. The first kappa shape index (κ1) is 19.8. The van der Waals surface area contributed by atoms with Crippen molar-refractivity contribution in [3.63, 3.8) is 0 Å². The summed E-state index contributed by atoms with van der Waals surface area (Å²) in [6.07, 6.45) is 0.936. The van der Waals surface area contributed by atoms with Crippen LogP contribution in [0, 0.1) is 0 Å². The van der Waals surface area contributed by atoms with Crippen LogP contribution in [0.2, 0.25) is 0 Å². The number of fused-ring (bicyclic) bond motifs is 1. The Morgan fingerprint density at radius 1 is 0.931 bits per heavy atom. The van der Waals surface area contributed by atoms with Gasteiger partial charge in [-0.2, -0.15) is 4.31 Å². The third kappa shape index (κ3) is 3.62. The lowest BCUT2D eigenvalue weighted by Gasteiger charge is -2.31. The molecule has 0 spiro atoms. The number of hydrogen-bond donors (Lipinski definition) is 2. The van der Waals surface area contributed by atoms with Gasteiger partial charge in [-0.3, -0.25) is 4.57 Å². The lowest BCUT2D eigenvalue weighted by molar-refractivity contribution is 0.274. The predicted molar refractivity (Wildman–Crippen MR) is 107 cm³/mol. The maximum absolute atomic E-state index is 13.0. The van der Waals surface area contributed by atoms with Crippen LogP contribution in [0.1, 0.15) is 18.9 Å². The molecule has 29 heavy (non-hydrogen) atoms. The second-order valence-electron chi connectivity index (χ2n) is 6.97. The summed E-state index contributed by atoms with van der Waals surface area (Å²) < 4.78 is 52.0. The summed E-state index contributed by atoms with van der Waals surface area (Å²) in [5.74, 6) is 0. The molecule has 2 heterocycles. The summed E-state index contributed by atoms with van der Waals surface area (Å²) in [6.45, 7) is 0.442. The van der Waals surface area contributed by atoms with Crippen LogP contribution in [-0.4, -0.2) is 43.8 Å². The van der Waals surface area contributed by atoms with Crippen molar-refractivity contribution in [2.45, 2.75) is 28.7 Å². The van der Waals surface area contributed by atoms with Crippen molar-refractivity contribution in [1.29, 1.82) is 0 Å². The van der Waals surface area contributed by atoms with Crippen LogP contribution >= 0.6 is 0 Å². The quantitative estimate of drug-likeness (QED) is 0.629. The third-order valence-electron chi connectivity index (χ3n) is 5.18. The van der Waals surface area contributed by atoms with Crippen LogP contribution in [0.4, 0.5) is 0 Å². The predicted octanol–water partition coefficient (Wildman–Crippen LogP) is 1.00. The Hall–Kier alpha value is -2.47. The fourth-order valence-electron chi connectivity index (χ4n) is 3.74. The molecule has 0 amide bonds. The van der Waals surface area contributed by atoms with E-state index >= 15 is 0 Å². The number of aromatic nitrogens is 2. The van der Waals surface area contributed by atoms with E-state index in [1.807, 2.05) is 24.3 Å². The Labute approximate surface area is 167 Å². The number of nitrogens with zero attached hydrogens (tertiary/aromatic N) is 2. The Morgan fingerprint density at radius 2 is 1.59 bits per heavy atom. The van der Waals surface area contributed by atoms with Crippen molar-refractivity contribution in [1.82, 2.24) is 13.9 Å². The minimum absolute atomic E-state index is 0.119. The average Bonchev–Trinajstić information content (AvgIpc) is 3.03. The molecule has 1 aliphatic heterocycles. The molecule has 154 valence electrons. The summed E-state index contributed by atoms with van der Waals surface area (Å²) in [4.78, 5) is 14.8. The minimum Gasteiger partial charge on any atom is -0.306 e. The molecule has 2 aromatic carbocycles. The van der Waals surface area contributed by atoms with Gasteiger partial charge in [-0.15, -0.1) is 0 Å². The molecule has 3 aromatic rings. The van der Waals surface area contributed by atoms with Gasteiger partial charge in [0.15, 0.2) is 0 Å². The lowest BCUT2D eigenvalue weighted by atomic mass is 10.1. The van der Waals surface area contributed by atoms with Gasteiger partial charge in [0, 0.05) is 19.1 Å². The van der Waals surface area contributed by atoms with Crippen LogP contribution in [0.5, 0.6) is 0 Å². The van der Waals surface area contributed by atoms with Gasteiger partial charge in [0.1, 0.15) is 0 Å². The molecule has 3 N–H and O–H groups in total. The Balaban J connectivity index is 1.58. The molecule has 0 radical (unpaired) electrons. The van der Waals surface area contributed by atoms with Gasteiger partial charge in [0.05, 0.1) is 20.8 Å². The van der Waals surface area contributed by atoms with Crippen LogP contribution in [-0.2, 0) is 20.0 Å². The van der Waals surface area contributed by atoms with Crippen LogP contribution in [0.15, 0.2) is 63.1 Å². The highest BCUT2D eigenvalue weighted by atomic mass is 32.2. The number of rotatable bonds is 4. The number of hydrogen-bond acceptors (Lipinski definition) is 5. The zero-order valence-electron chi connectivity index (χ0n) is 15.4. The summed E-state index contributed by atoms with van der Waals surface area (Å²) in [6, 6.07) is 12.3. The van der Waals surface area contributed by atoms with E-state index in [9.17, 15) is 21.6 Å². The number of nitrogens with one attached hydrogen (secondary N) is 1. The van der Waals surface area contributed by atoms with Crippen molar-refractivity contribution in [3.8, 4) is 0 Å². The smallest absolute Gasteiger partial charge is 0.306 e. The second kappa shape index (κ2) is 7.10. The molecule has 0 bridgehead atoms. The standard InChI is InChI=1S/C18H20N4O5S2/c19-28(24,25)14-4-3-5-15(12-14)29(26,27)21-10-8-13(9-11-21)22-17-7-2-1-6-16(17)20-18(22)23/h1-7,12-13H,8-11H2,(H,20,23)(H2,19,24,25). The van der Waals surface area contributed by atoms with E-state index in [2.05, 4.69) is 4.98 Å². The van der Waals surface area contributed by atoms with Crippen LogP contribution < -0.4 is 10.8 Å². The zero-order valence-corrected chi connectivity index (χ0v) is 17.0. The molecule has 9 nitrogen and oxygen atoms in total. The van der Waals surface area contributed by atoms with Crippen molar-refractivity contribution >= 4 is 31.1 Å². The van der Waals surface area contributed by atoms with E-state index in [4.69, 9.17) is 5.14 Å². The summed E-state index contributed by atoms with van der Waals surface area (Å²) >= 11 is 0. The Morgan fingerprint density at radius 3 is 2.28 bits per heavy atom. The molecule has 4 rings (SSSR count). The van der Waals surface area contributed by atoms with Gasteiger partial charge < -0.3 is 4.98 Å². The number of imidazole rings is 1. The number of benzene rings is 2. The maximum atomic E-state index is 13.0. The van der Waals surface area contributed by atoms with Gasteiger partial charge in [0.2, 0.25) is 20.0 Å².